The van der Waals surface area contributed by atoms with E-state index in [1.165, 1.54) is 6.33 Å². The maximum Gasteiger partial charge on any atom is 0.434 e. The van der Waals surface area contributed by atoms with Gasteiger partial charge in [-0.15, -0.1) is 0 Å². The summed E-state index contributed by atoms with van der Waals surface area (Å²) in [5.41, 5.74) is 3.78. The van der Waals surface area contributed by atoms with Crippen molar-refractivity contribution in [2.75, 3.05) is 30.0 Å². The van der Waals surface area contributed by atoms with Crippen LogP contribution in [0.4, 0.5) is 24.7 Å². The molecule has 1 saturated carbocycles. The third-order valence-electron chi connectivity index (χ3n) is 8.20. The Morgan fingerprint density at radius 3 is 2.70 bits per heavy atom. The first-order chi connectivity index (χ1) is 20.7. The molecule has 1 aromatic carbocycles. The largest absolute Gasteiger partial charge is 0.480 e. The number of methoxy groups -OCH3 is 1. The van der Waals surface area contributed by atoms with Crippen molar-refractivity contribution in [1.82, 2.24) is 29.5 Å². The second-order valence-corrected chi connectivity index (χ2v) is 11.0. The standard InChI is InChI=1S/C30H29F3N8O2/c1-3-41-21-12-34-26(24-25(18-7-8-18)35-16-36-29(24)43-2)38-28(21)40(15-23(41)42)13-17-6-9-20-19(11-17)5-4-10-39-14-22(30(31,32)33)37-27(20)39/h6,9,11-12,14,16,18H,3-5,7-8,10,13,15H2,1-2H3. The zero-order chi connectivity index (χ0) is 29.9. The smallest absolute Gasteiger partial charge is 0.434 e. The predicted octanol–water partition coefficient (Wildman–Crippen LogP) is 5.02. The second kappa shape index (κ2) is 10.3. The number of anilines is 2. The van der Waals surface area contributed by atoms with Gasteiger partial charge in [0.2, 0.25) is 11.8 Å². The van der Waals surface area contributed by atoms with Crippen molar-refractivity contribution >= 4 is 17.4 Å². The van der Waals surface area contributed by atoms with E-state index in [1.54, 1.807) is 22.8 Å². The van der Waals surface area contributed by atoms with Crippen molar-refractivity contribution in [2.45, 2.75) is 57.8 Å². The molecule has 0 N–H and O–H groups in total. The van der Waals surface area contributed by atoms with E-state index in [1.807, 2.05) is 30.0 Å². The Morgan fingerprint density at radius 1 is 1.12 bits per heavy atom. The number of carbonyl (C=O) groups is 1. The normalized spacial score (nSPS) is 16.4. The second-order valence-electron chi connectivity index (χ2n) is 11.0. The van der Waals surface area contributed by atoms with Crippen LogP contribution in [-0.2, 0) is 30.5 Å². The monoisotopic (exact) mass is 590 g/mol. The van der Waals surface area contributed by atoms with E-state index in [0.717, 1.165) is 35.9 Å². The molecule has 13 heteroatoms. The van der Waals surface area contributed by atoms with Crippen molar-refractivity contribution in [3.8, 4) is 28.7 Å². The molecule has 5 heterocycles. The number of halogens is 3. The topological polar surface area (TPSA) is 102 Å². The van der Waals surface area contributed by atoms with Gasteiger partial charge < -0.3 is 19.1 Å². The number of imidazole rings is 1. The number of hydrogen-bond acceptors (Lipinski definition) is 8. The molecule has 0 spiro atoms. The summed E-state index contributed by atoms with van der Waals surface area (Å²) >= 11 is 0. The van der Waals surface area contributed by atoms with E-state index in [9.17, 15) is 18.0 Å². The van der Waals surface area contributed by atoms with E-state index >= 15 is 0 Å². The molecule has 0 atom stereocenters. The summed E-state index contributed by atoms with van der Waals surface area (Å²) in [4.78, 5) is 39.2. The first-order valence-corrected chi connectivity index (χ1v) is 14.3. The molecule has 3 aliphatic rings. The number of likely N-dealkylation sites (N-methyl/N-ethyl adjacent to an activating group) is 1. The molecule has 1 aliphatic carbocycles. The fourth-order valence-corrected chi connectivity index (χ4v) is 6.03. The molecule has 43 heavy (non-hydrogen) atoms. The van der Waals surface area contributed by atoms with Crippen LogP contribution in [0.25, 0.3) is 22.8 Å². The number of benzene rings is 1. The molecule has 1 fully saturated rings. The van der Waals surface area contributed by atoms with Gasteiger partial charge in [0, 0.05) is 37.3 Å². The Labute approximate surface area is 245 Å². The van der Waals surface area contributed by atoms with Gasteiger partial charge in [0.1, 0.15) is 23.4 Å². The van der Waals surface area contributed by atoms with Crippen molar-refractivity contribution in [3.63, 3.8) is 0 Å². The Bertz CT molecular complexity index is 1730. The highest BCUT2D eigenvalue weighted by molar-refractivity contribution is 6.02. The molecular formula is C30H29F3N8O2. The van der Waals surface area contributed by atoms with Crippen molar-refractivity contribution in [2.24, 2.45) is 0 Å². The number of amides is 1. The molecule has 0 unspecified atom stereocenters. The van der Waals surface area contributed by atoms with Crippen LogP contribution < -0.4 is 14.5 Å². The number of alkyl halides is 3. The third-order valence-corrected chi connectivity index (χ3v) is 8.20. The van der Waals surface area contributed by atoms with Crippen LogP contribution in [0.2, 0.25) is 0 Å². The highest BCUT2D eigenvalue weighted by Gasteiger charge is 2.36. The molecular weight excluding hydrogens is 561 g/mol. The number of fused-ring (bicyclic) bond motifs is 4. The van der Waals surface area contributed by atoms with Crippen LogP contribution in [0.5, 0.6) is 5.88 Å². The van der Waals surface area contributed by atoms with Gasteiger partial charge in [-0.3, -0.25) is 4.79 Å². The lowest BCUT2D eigenvalue weighted by Gasteiger charge is -2.35. The van der Waals surface area contributed by atoms with Gasteiger partial charge in [0.25, 0.3) is 0 Å². The Hall–Kier alpha value is -4.55. The fraction of sp³-hybridized carbons (Fsp3) is 0.400. The highest BCUT2D eigenvalue weighted by Crippen LogP contribution is 2.45. The first kappa shape index (κ1) is 27.3. The van der Waals surface area contributed by atoms with E-state index in [2.05, 4.69) is 19.9 Å². The molecule has 10 nitrogen and oxygen atoms in total. The Morgan fingerprint density at radius 2 is 1.95 bits per heavy atom. The summed E-state index contributed by atoms with van der Waals surface area (Å²) in [7, 11) is 1.55. The summed E-state index contributed by atoms with van der Waals surface area (Å²) in [5, 5.41) is 0. The van der Waals surface area contributed by atoms with Gasteiger partial charge in [-0.25, -0.2) is 24.9 Å². The van der Waals surface area contributed by atoms with E-state index < -0.39 is 11.9 Å². The van der Waals surface area contributed by atoms with Gasteiger partial charge in [0.15, 0.2) is 17.3 Å². The summed E-state index contributed by atoms with van der Waals surface area (Å²) in [6, 6.07) is 5.72. The fourth-order valence-electron chi connectivity index (χ4n) is 6.03. The number of carbonyl (C=O) groups excluding carboxylic acids is 1. The van der Waals surface area contributed by atoms with Gasteiger partial charge in [-0.05, 0) is 43.7 Å². The van der Waals surface area contributed by atoms with Crippen LogP contribution in [-0.4, -0.2) is 55.6 Å². The SMILES string of the molecule is CCN1C(=O)CN(Cc2ccc3c(c2)CCCn2cc(C(F)(F)F)nc2-3)c2nc(-c3c(OC)ncnc3C3CC3)ncc21. The molecule has 7 rings (SSSR count). The van der Waals surface area contributed by atoms with E-state index in [4.69, 9.17) is 9.72 Å². The lowest BCUT2D eigenvalue weighted by molar-refractivity contribution is -0.140. The van der Waals surface area contributed by atoms with Gasteiger partial charge >= 0.3 is 6.18 Å². The van der Waals surface area contributed by atoms with Crippen LogP contribution in [0, 0.1) is 0 Å². The van der Waals surface area contributed by atoms with Crippen molar-refractivity contribution in [3.05, 3.63) is 59.4 Å². The third kappa shape index (κ3) is 4.86. The van der Waals surface area contributed by atoms with E-state index in [-0.39, 0.29) is 12.5 Å². The number of hydrogen-bond donors (Lipinski definition) is 0. The zero-order valence-electron chi connectivity index (χ0n) is 23.7. The zero-order valence-corrected chi connectivity index (χ0v) is 23.7. The lowest BCUT2D eigenvalue weighted by atomic mass is 10.00. The highest BCUT2D eigenvalue weighted by atomic mass is 19.4. The van der Waals surface area contributed by atoms with Crippen LogP contribution in [0.1, 0.15) is 54.6 Å². The quantitative estimate of drug-likeness (QED) is 0.309. The average molecular weight is 591 g/mol. The maximum absolute atomic E-state index is 13.4. The summed E-state index contributed by atoms with van der Waals surface area (Å²) in [6.45, 7) is 3.33. The predicted molar refractivity (Wildman–Crippen MR) is 152 cm³/mol. The molecule has 3 aromatic heterocycles. The minimum absolute atomic E-state index is 0.0675. The Kier molecular flexibility index (Phi) is 6.55. The molecule has 1 amide bonds. The number of aromatic nitrogens is 6. The molecule has 4 aromatic rings. The molecule has 0 saturated heterocycles. The number of rotatable bonds is 6. The van der Waals surface area contributed by atoms with E-state index in [0.29, 0.717) is 78.6 Å². The van der Waals surface area contributed by atoms with Crippen molar-refractivity contribution in [1.29, 1.82) is 0 Å². The summed E-state index contributed by atoms with van der Waals surface area (Å²) in [6.07, 6.45) is 3.20. The average Bonchev–Trinajstić information content (AvgIpc) is 3.78. The summed E-state index contributed by atoms with van der Waals surface area (Å²) < 4.78 is 47.3. The van der Waals surface area contributed by atoms with Gasteiger partial charge in [0.05, 0.1) is 25.5 Å². The van der Waals surface area contributed by atoms with Gasteiger partial charge in [-0.2, -0.15) is 13.2 Å². The first-order valence-electron chi connectivity index (χ1n) is 14.3. The minimum atomic E-state index is -4.50. The molecule has 222 valence electrons. The molecule has 2 aliphatic heterocycles. The number of nitrogens with zero attached hydrogens (tertiary/aromatic N) is 8. The minimum Gasteiger partial charge on any atom is -0.480 e. The Balaban J connectivity index is 1.26. The lowest BCUT2D eigenvalue weighted by Crippen LogP contribution is -2.46. The molecule has 0 bridgehead atoms. The van der Waals surface area contributed by atoms with Crippen LogP contribution >= 0.6 is 0 Å². The number of ether oxygens (including phenoxy) is 1. The van der Waals surface area contributed by atoms with Gasteiger partial charge in [-0.1, -0.05) is 18.2 Å². The van der Waals surface area contributed by atoms with Crippen LogP contribution in [0.3, 0.4) is 0 Å². The molecule has 0 radical (unpaired) electrons. The number of aryl methyl sites for hydroxylation is 2. The maximum atomic E-state index is 13.4. The van der Waals surface area contributed by atoms with Crippen LogP contribution in [0.15, 0.2) is 36.9 Å². The summed E-state index contributed by atoms with van der Waals surface area (Å²) in [5.74, 6) is 2.01. The van der Waals surface area contributed by atoms with Crippen molar-refractivity contribution < 1.29 is 22.7 Å².